The molecular formula is C33H40N4O5S. The fourth-order valence-corrected chi connectivity index (χ4v) is 5.67. The number of aryl methyl sites for hydroxylation is 2. The number of aromatic nitrogens is 2. The zero-order valence-electron chi connectivity index (χ0n) is 25.2. The molecule has 1 aliphatic rings. The number of rotatable bonds is 16. The zero-order chi connectivity index (χ0) is 31.0. The van der Waals surface area contributed by atoms with Crippen LogP contribution in [0.3, 0.4) is 0 Å². The summed E-state index contributed by atoms with van der Waals surface area (Å²) in [7, 11) is 0. The third-order valence-electron chi connectivity index (χ3n) is 7.56. The number of hydrogen-bond donors (Lipinski definition) is 2. The molecule has 228 valence electrons. The minimum absolute atomic E-state index is 0.110. The molecule has 0 bridgehead atoms. The number of hydrogen-bond acceptors (Lipinski definition) is 8. The van der Waals surface area contributed by atoms with E-state index in [4.69, 9.17) is 4.74 Å². The molecule has 2 amide bonds. The number of epoxide rings is 1. The van der Waals surface area contributed by atoms with Gasteiger partial charge in [0.05, 0.1) is 18.7 Å². The van der Waals surface area contributed by atoms with Crippen LogP contribution in [0.1, 0.15) is 65.8 Å². The standard InChI is InChI=1S/C33H40N4O5S/c1-21(2)16-27(29(39)33(4)20-42-33)37-30(40)25(17-24-12-14-34-15-13-24)18-28(38)26(11-10-23-8-6-5-7-9-23)36-31(41)32-35-19-22(3)43-32/h5-9,12-15,19,21,25-27H,10-11,16-18,20H2,1-4H3,(H,36,41)(H,37,40)/t25-,26+,27+,33-/m1/s1. The highest BCUT2D eigenvalue weighted by Crippen LogP contribution is 2.30. The number of nitrogens with one attached hydrogen (secondary N) is 2. The maximum absolute atomic E-state index is 13.9. The number of amides is 2. The SMILES string of the molecule is Cc1cnc(C(=O)N[C@@H](CCc2ccccc2)C(=O)C[C@@H](Cc2ccncc2)C(=O)N[C@@H](CC(C)C)C(=O)[C@@]2(C)CO2)s1. The van der Waals surface area contributed by atoms with Gasteiger partial charge in [-0.3, -0.25) is 24.2 Å². The van der Waals surface area contributed by atoms with Gasteiger partial charge < -0.3 is 15.4 Å². The van der Waals surface area contributed by atoms with Gasteiger partial charge in [-0.1, -0.05) is 44.2 Å². The molecule has 1 aliphatic heterocycles. The van der Waals surface area contributed by atoms with Crippen LogP contribution in [0.5, 0.6) is 0 Å². The van der Waals surface area contributed by atoms with Crippen LogP contribution in [0.15, 0.2) is 61.1 Å². The molecule has 0 aliphatic carbocycles. The molecule has 1 fully saturated rings. The number of Topliss-reactive ketones (excluding diaryl/α,β-unsaturated/α-hetero) is 2. The molecule has 4 rings (SSSR count). The minimum atomic E-state index is -0.885. The summed E-state index contributed by atoms with van der Waals surface area (Å²) in [6.07, 6.45) is 6.47. The van der Waals surface area contributed by atoms with E-state index < -0.39 is 29.5 Å². The van der Waals surface area contributed by atoms with Gasteiger partial charge in [0.15, 0.2) is 16.6 Å². The first-order valence-corrected chi connectivity index (χ1v) is 15.5. The van der Waals surface area contributed by atoms with E-state index in [0.717, 1.165) is 16.0 Å². The Labute approximate surface area is 256 Å². The van der Waals surface area contributed by atoms with Gasteiger partial charge in [0, 0.05) is 35.8 Å². The topological polar surface area (TPSA) is 131 Å². The van der Waals surface area contributed by atoms with Crippen molar-refractivity contribution in [1.29, 1.82) is 0 Å². The highest BCUT2D eigenvalue weighted by atomic mass is 32.1. The highest BCUT2D eigenvalue weighted by molar-refractivity contribution is 7.13. The van der Waals surface area contributed by atoms with E-state index in [9.17, 15) is 19.2 Å². The summed E-state index contributed by atoms with van der Waals surface area (Å²) in [6.45, 7) is 7.91. The second-order valence-corrected chi connectivity index (χ2v) is 13.1. The Morgan fingerprint density at radius 2 is 1.70 bits per heavy atom. The summed E-state index contributed by atoms with van der Waals surface area (Å²) in [5, 5.41) is 6.12. The summed E-state index contributed by atoms with van der Waals surface area (Å²) in [5.74, 6) is -1.81. The van der Waals surface area contributed by atoms with Crippen molar-refractivity contribution in [2.24, 2.45) is 11.8 Å². The predicted octanol–water partition coefficient (Wildman–Crippen LogP) is 4.28. The first-order chi connectivity index (χ1) is 20.5. The predicted molar refractivity (Wildman–Crippen MR) is 165 cm³/mol. The summed E-state index contributed by atoms with van der Waals surface area (Å²) in [4.78, 5) is 63.1. The Morgan fingerprint density at radius 1 is 1.00 bits per heavy atom. The summed E-state index contributed by atoms with van der Waals surface area (Å²) in [6, 6.07) is 11.8. The van der Waals surface area contributed by atoms with E-state index in [1.165, 1.54) is 11.3 Å². The van der Waals surface area contributed by atoms with E-state index in [2.05, 4.69) is 20.6 Å². The van der Waals surface area contributed by atoms with Crippen molar-refractivity contribution in [1.82, 2.24) is 20.6 Å². The lowest BCUT2D eigenvalue weighted by molar-refractivity contribution is -0.134. The lowest BCUT2D eigenvalue weighted by atomic mass is 9.88. The van der Waals surface area contributed by atoms with E-state index >= 15 is 0 Å². The molecule has 3 aromatic rings. The molecule has 2 aromatic heterocycles. The van der Waals surface area contributed by atoms with Crippen LogP contribution in [0.25, 0.3) is 0 Å². The molecule has 1 aromatic carbocycles. The van der Waals surface area contributed by atoms with Gasteiger partial charge in [-0.05, 0) is 68.7 Å². The van der Waals surface area contributed by atoms with Crippen molar-refractivity contribution in [2.75, 3.05) is 6.61 Å². The Bertz CT molecular complexity index is 1400. The van der Waals surface area contributed by atoms with Crippen molar-refractivity contribution < 1.29 is 23.9 Å². The van der Waals surface area contributed by atoms with Crippen molar-refractivity contribution in [2.45, 2.75) is 77.5 Å². The number of carbonyl (C=O) groups excluding carboxylic acids is 4. The second-order valence-electron chi connectivity index (χ2n) is 11.8. The van der Waals surface area contributed by atoms with Crippen molar-refractivity contribution in [3.05, 3.63) is 82.1 Å². The Kier molecular flexibility index (Phi) is 10.9. The normalized spacial score (nSPS) is 18.0. The van der Waals surface area contributed by atoms with E-state index in [1.54, 1.807) is 37.6 Å². The molecule has 2 N–H and O–H groups in total. The first kappa shape index (κ1) is 32.2. The average Bonchev–Trinajstić information content (AvgIpc) is 3.59. The van der Waals surface area contributed by atoms with Gasteiger partial charge in [0.1, 0.15) is 5.60 Å². The van der Waals surface area contributed by atoms with Crippen LogP contribution in [0.4, 0.5) is 0 Å². The maximum atomic E-state index is 13.9. The van der Waals surface area contributed by atoms with Crippen LogP contribution in [-0.4, -0.2) is 57.6 Å². The van der Waals surface area contributed by atoms with Gasteiger partial charge in [0.2, 0.25) is 5.91 Å². The molecule has 9 nitrogen and oxygen atoms in total. The number of pyridine rings is 1. The number of nitrogens with zero attached hydrogens (tertiary/aromatic N) is 2. The molecule has 0 radical (unpaired) electrons. The Hall–Kier alpha value is -3.76. The van der Waals surface area contributed by atoms with E-state index in [0.29, 0.717) is 25.9 Å². The number of benzene rings is 1. The lowest BCUT2D eigenvalue weighted by Gasteiger charge is -2.25. The molecule has 4 atom stereocenters. The maximum Gasteiger partial charge on any atom is 0.280 e. The molecule has 0 spiro atoms. The van der Waals surface area contributed by atoms with E-state index in [1.807, 2.05) is 51.1 Å². The molecule has 0 unspecified atom stereocenters. The van der Waals surface area contributed by atoms with E-state index in [-0.39, 0.29) is 41.2 Å². The molecule has 1 saturated heterocycles. The molecule has 10 heteroatoms. The van der Waals surface area contributed by atoms with Crippen LogP contribution < -0.4 is 10.6 Å². The second kappa shape index (κ2) is 14.6. The van der Waals surface area contributed by atoms with Gasteiger partial charge >= 0.3 is 0 Å². The third-order valence-corrected chi connectivity index (χ3v) is 8.47. The Morgan fingerprint density at radius 3 is 2.30 bits per heavy atom. The van der Waals surface area contributed by atoms with Crippen molar-refractivity contribution in [3.8, 4) is 0 Å². The molecule has 0 saturated carbocycles. The van der Waals surface area contributed by atoms with Crippen LogP contribution >= 0.6 is 11.3 Å². The van der Waals surface area contributed by atoms with Crippen LogP contribution in [-0.2, 0) is 32.0 Å². The molecule has 3 heterocycles. The first-order valence-electron chi connectivity index (χ1n) is 14.7. The quantitative estimate of drug-likeness (QED) is 0.233. The van der Waals surface area contributed by atoms with Crippen molar-refractivity contribution in [3.63, 3.8) is 0 Å². The summed E-state index contributed by atoms with van der Waals surface area (Å²) >= 11 is 1.26. The highest BCUT2D eigenvalue weighted by Gasteiger charge is 2.50. The van der Waals surface area contributed by atoms with Crippen molar-refractivity contribution >= 4 is 34.7 Å². The fourth-order valence-electron chi connectivity index (χ4n) is 5.01. The average molecular weight is 605 g/mol. The number of ketones is 2. The monoisotopic (exact) mass is 604 g/mol. The summed E-state index contributed by atoms with van der Waals surface area (Å²) < 4.78 is 5.39. The van der Waals surface area contributed by atoms with Crippen LogP contribution in [0, 0.1) is 18.8 Å². The fraction of sp³-hybridized carbons (Fsp3) is 0.455. The largest absolute Gasteiger partial charge is 0.361 e. The molecular weight excluding hydrogens is 564 g/mol. The van der Waals surface area contributed by atoms with Gasteiger partial charge in [0.25, 0.3) is 5.91 Å². The van der Waals surface area contributed by atoms with Gasteiger partial charge in [-0.2, -0.15) is 0 Å². The minimum Gasteiger partial charge on any atom is -0.361 e. The third kappa shape index (κ3) is 9.36. The summed E-state index contributed by atoms with van der Waals surface area (Å²) in [5.41, 5.74) is 0.997. The molecule has 43 heavy (non-hydrogen) atoms. The smallest absolute Gasteiger partial charge is 0.280 e. The zero-order valence-corrected chi connectivity index (χ0v) is 26.0. The van der Waals surface area contributed by atoms with Gasteiger partial charge in [-0.25, -0.2) is 4.98 Å². The lowest BCUT2D eigenvalue weighted by Crippen LogP contribution is -2.49. The Balaban J connectivity index is 1.54. The number of carbonyl (C=O) groups is 4. The van der Waals surface area contributed by atoms with Gasteiger partial charge in [-0.15, -0.1) is 11.3 Å². The number of ether oxygens (including phenoxy) is 1. The number of thiazole rings is 1. The van der Waals surface area contributed by atoms with Crippen LogP contribution in [0.2, 0.25) is 0 Å².